The molecule has 0 aromatic heterocycles. The van der Waals surface area contributed by atoms with Crippen molar-refractivity contribution in [1.29, 1.82) is 0 Å². The van der Waals surface area contributed by atoms with Crippen LogP contribution in [0.1, 0.15) is 22.8 Å². The van der Waals surface area contributed by atoms with Crippen molar-refractivity contribution in [2.45, 2.75) is 18.2 Å². The molecule has 0 heterocycles. The zero-order valence-corrected chi connectivity index (χ0v) is 16.2. The van der Waals surface area contributed by atoms with Crippen molar-refractivity contribution in [3.63, 3.8) is 0 Å². The second-order valence-electron chi connectivity index (χ2n) is 5.95. The number of aryl methyl sites for hydroxylation is 1. The van der Waals surface area contributed by atoms with E-state index in [1.807, 2.05) is 25.1 Å². The van der Waals surface area contributed by atoms with Crippen molar-refractivity contribution in [1.82, 2.24) is 4.31 Å². The van der Waals surface area contributed by atoms with Crippen LogP contribution >= 0.6 is 0 Å². The zero-order chi connectivity index (χ0) is 20.0. The molecule has 2 rings (SSSR count). The topological polar surface area (TPSA) is 92.8 Å². The van der Waals surface area contributed by atoms with Gasteiger partial charge >= 0.3 is 5.97 Å². The third kappa shape index (κ3) is 5.15. The van der Waals surface area contributed by atoms with Crippen molar-refractivity contribution in [2.75, 3.05) is 26.0 Å². The molecule has 0 aliphatic heterocycles. The first-order valence-corrected chi connectivity index (χ1v) is 9.77. The smallest absolute Gasteiger partial charge is 0.338 e. The molecule has 27 heavy (non-hydrogen) atoms. The lowest BCUT2D eigenvalue weighted by atomic mass is 10.1. The Bertz CT molecular complexity index is 921. The Labute approximate surface area is 159 Å². The minimum atomic E-state index is -3.57. The predicted molar refractivity (Wildman–Crippen MR) is 102 cm³/mol. The summed E-state index contributed by atoms with van der Waals surface area (Å²) in [5, 5.41) is 2.71. The summed E-state index contributed by atoms with van der Waals surface area (Å²) in [5.74, 6) is -1.15. The Hall–Kier alpha value is -2.71. The van der Waals surface area contributed by atoms with E-state index in [4.69, 9.17) is 4.74 Å². The van der Waals surface area contributed by atoms with Crippen LogP contribution in [0, 0.1) is 0 Å². The van der Waals surface area contributed by atoms with Crippen LogP contribution in [0.15, 0.2) is 53.4 Å². The van der Waals surface area contributed by atoms with E-state index in [-0.39, 0.29) is 10.5 Å². The second-order valence-corrected chi connectivity index (χ2v) is 8.10. The Kier molecular flexibility index (Phi) is 6.70. The maximum absolute atomic E-state index is 12.1. The number of hydrogen-bond donors (Lipinski definition) is 1. The summed E-state index contributed by atoms with van der Waals surface area (Å²) in [6, 6.07) is 12.7. The first-order valence-electron chi connectivity index (χ1n) is 8.33. The largest absolute Gasteiger partial charge is 0.452 e. The highest BCUT2D eigenvalue weighted by atomic mass is 32.2. The first-order chi connectivity index (χ1) is 12.8. The summed E-state index contributed by atoms with van der Waals surface area (Å²) in [6.45, 7) is 1.54. The summed E-state index contributed by atoms with van der Waals surface area (Å²) in [6.07, 6.45) is 0.762. The number of carbonyl (C=O) groups excluding carboxylic acids is 2. The van der Waals surface area contributed by atoms with Gasteiger partial charge in [0.15, 0.2) is 6.61 Å². The number of anilines is 1. The fraction of sp³-hybridized carbons (Fsp3) is 0.263. The van der Waals surface area contributed by atoms with E-state index in [2.05, 4.69) is 5.32 Å². The van der Waals surface area contributed by atoms with Crippen LogP contribution in [0.4, 0.5) is 5.69 Å². The molecule has 8 heteroatoms. The minimum absolute atomic E-state index is 0.0676. The maximum atomic E-state index is 12.1. The third-order valence-electron chi connectivity index (χ3n) is 3.88. The van der Waals surface area contributed by atoms with E-state index in [9.17, 15) is 18.0 Å². The number of esters is 1. The molecule has 0 aliphatic rings. The average molecular weight is 390 g/mol. The van der Waals surface area contributed by atoms with Gasteiger partial charge in [-0.2, -0.15) is 0 Å². The number of amides is 1. The van der Waals surface area contributed by atoms with Gasteiger partial charge in [0, 0.05) is 19.8 Å². The monoisotopic (exact) mass is 390 g/mol. The number of rotatable bonds is 7. The molecule has 0 atom stereocenters. The lowest BCUT2D eigenvalue weighted by Gasteiger charge is -2.12. The molecule has 0 fully saturated rings. The summed E-state index contributed by atoms with van der Waals surface area (Å²) in [7, 11) is -0.722. The number of nitrogens with zero attached hydrogens (tertiary/aromatic N) is 1. The molecule has 2 aromatic carbocycles. The molecular formula is C19H22N2O5S. The lowest BCUT2D eigenvalue weighted by Crippen LogP contribution is -2.22. The molecule has 144 valence electrons. The van der Waals surface area contributed by atoms with Gasteiger partial charge in [0.25, 0.3) is 5.91 Å². The van der Waals surface area contributed by atoms with E-state index in [0.717, 1.165) is 16.3 Å². The number of ether oxygens (including phenoxy) is 1. The van der Waals surface area contributed by atoms with E-state index < -0.39 is 28.5 Å². The van der Waals surface area contributed by atoms with Gasteiger partial charge < -0.3 is 10.1 Å². The average Bonchev–Trinajstić information content (AvgIpc) is 2.66. The van der Waals surface area contributed by atoms with Crippen molar-refractivity contribution in [3.8, 4) is 0 Å². The third-order valence-corrected chi connectivity index (χ3v) is 5.70. The van der Waals surface area contributed by atoms with Crippen molar-refractivity contribution in [2.24, 2.45) is 0 Å². The molecule has 0 spiro atoms. The number of sulfonamides is 1. The molecule has 0 saturated carbocycles. The summed E-state index contributed by atoms with van der Waals surface area (Å²) in [5.41, 5.74) is 1.82. The number of hydrogen-bond acceptors (Lipinski definition) is 5. The van der Waals surface area contributed by atoms with Crippen LogP contribution in [0.5, 0.6) is 0 Å². The van der Waals surface area contributed by atoms with Crippen molar-refractivity contribution >= 4 is 27.6 Å². The number of carbonyl (C=O) groups is 2. The SMILES string of the molecule is CCc1ccccc1NC(=O)COC(=O)c1ccc(S(=O)(=O)N(C)C)cc1. The second kappa shape index (κ2) is 8.79. The van der Waals surface area contributed by atoms with Crippen LogP contribution in [-0.4, -0.2) is 45.3 Å². The Morgan fingerprint density at radius 2 is 1.67 bits per heavy atom. The molecule has 2 aromatic rings. The quantitative estimate of drug-likeness (QED) is 0.732. The van der Waals surface area contributed by atoms with E-state index in [1.54, 1.807) is 6.07 Å². The number of benzene rings is 2. The highest BCUT2D eigenvalue weighted by molar-refractivity contribution is 7.89. The maximum Gasteiger partial charge on any atom is 0.338 e. The summed E-state index contributed by atoms with van der Waals surface area (Å²) in [4.78, 5) is 24.1. The van der Waals surface area contributed by atoms with Crippen LogP contribution in [0.2, 0.25) is 0 Å². The van der Waals surface area contributed by atoms with Crippen LogP contribution in [-0.2, 0) is 26.0 Å². The Balaban J connectivity index is 1.96. The normalized spacial score (nSPS) is 11.3. The van der Waals surface area contributed by atoms with Gasteiger partial charge in [-0.15, -0.1) is 0 Å². The molecule has 0 unspecified atom stereocenters. The molecule has 0 saturated heterocycles. The van der Waals surface area contributed by atoms with E-state index in [1.165, 1.54) is 38.4 Å². The fourth-order valence-corrected chi connectivity index (χ4v) is 3.23. The zero-order valence-electron chi connectivity index (χ0n) is 15.4. The molecule has 1 N–H and O–H groups in total. The lowest BCUT2D eigenvalue weighted by molar-refractivity contribution is -0.119. The van der Waals surface area contributed by atoms with Crippen LogP contribution in [0.3, 0.4) is 0 Å². The Morgan fingerprint density at radius 1 is 1.04 bits per heavy atom. The number of nitrogens with one attached hydrogen (secondary N) is 1. The molecule has 0 bridgehead atoms. The van der Waals surface area contributed by atoms with Crippen LogP contribution < -0.4 is 5.32 Å². The number of para-hydroxylation sites is 1. The van der Waals surface area contributed by atoms with E-state index in [0.29, 0.717) is 5.69 Å². The predicted octanol–water partition coefficient (Wildman–Crippen LogP) is 2.29. The van der Waals surface area contributed by atoms with Gasteiger partial charge in [-0.1, -0.05) is 25.1 Å². The van der Waals surface area contributed by atoms with Gasteiger partial charge in [0.2, 0.25) is 10.0 Å². The molecular weight excluding hydrogens is 368 g/mol. The van der Waals surface area contributed by atoms with Crippen LogP contribution in [0.25, 0.3) is 0 Å². The fourth-order valence-electron chi connectivity index (χ4n) is 2.33. The van der Waals surface area contributed by atoms with E-state index >= 15 is 0 Å². The van der Waals surface area contributed by atoms with Gasteiger partial charge in [-0.25, -0.2) is 17.5 Å². The standard InChI is InChI=1S/C19H22N2O5S/c1-4-14-7-5-6-8-17(14)20-18(22)13-26-19(23)15-9-11-16(12-10-15)27(24,25)21(2)3/h5-12H,4,13H2,1-3H3,(H,20,22). The molecule has 7 nitrogen and oxygen atoms in total. The highest BCUT2D eigenvalue weighted by Crippen LogP contribution is 2.16. The highest BCUT2D eigenvalue weighted by Gasteiger charge is 2.18. The first kappa shape index (κ1) is 20.6. The van der Waals surface area contributed by atoms with Gasteiger partial charge in [-0.3, -0.25) is 4.79 Å². The van der Waals surface area contributed by atoms with Crippen molar-refractivity contribution < 1.29 is 22.7 Å². The molecule has 1 amide bonds. The minimum Gasteiger partial charge on any atom is -0.452 e. The summed E-state index contributed by atoms with van der Waals surface area (Å²) < 4.78 is 30.1. The van der Waals surface area contributed by atoms with Crippen molar-refractivity contribution in [3.05, 3.63) is 59.7 Å². The van der Waals surface area contributed by atoms with Gasteiger partial charge in [0.1, 0.15) is 0 Å². The Morgan fingerprint density at radius 3 is 2.26 bits per heavy atom. The van der Waals surface area contributed by atoms with Gasteiger partial charge in [-0.05, 0) is 42.3 Å². The summed E-state index contributed by atoms with van der Waals surface area (Å²) >= 11 is 0. The van der Waals surface area contributed by atoms with Gasteiger partial charge in [0.05, 0.1) is 10.5 Å². The molecule has 0 aliphatic carbocycles. The molecule has 0 radical (unpaired) electrons.